The van der Waals surface area contributed by atoms with Crippen LogP contribution in [0.3, 0.4) is 0 Å². The van der Waals surface area contributed by atoms with Crippen LogP contribution >= 0.6 is 0 Å². The average Bonchev–Trinajstić information content (AvgIpc) is 2.76. The van der Waals surface area contributed by atoms with E-state index in [-0.39, 0.29) is 18.0 Å². The lowest BCUT2D eigenvalue weighted by atomic mass is 10.1. The molecule has 4 rings (SSSR count). The molecule has 8 nitrogen and oxygen atoms in total. The first kappa shape index (κ1) is 18.8. The molecule has 0 radical (unpaired) electrons. The lowest BCUT2D eigenvalue weighted by molar-refractivity contribution is -0.132. The van der Waals surface area contributed by atoms with Gasteiger partial charge in [-0.1, -0.05) is 30.3 Å². The van der Waals surface area contributed by atoms with E-state index >= 15 is 0 Å². The van der Waals surface area contributed by atoms with Gasteiger partial charge in [-0.2, -0.15) is 5.10 Å². The fourth-order valence-corrected chi connectivity index (χ4v) is 3.30. The molecule has 1 aliphatic heterocycles. The molecule has 0 saturated carbocycles. The van der Waals surface area contributed by atoms with Crippen molar-refractivity contribution in [3.05, 3.63) is 70.9 Å². The number of aromatic nitrogens is 4. The second-order valence-corrected chi connectivity index (χ2v) is 7.01. The van der Waals surface area contributed by atoms with Crippen molar-refractivity contribution in [2.45, 2.75) is 13.5 Å². The van der Waals surface area contributed by atoms with Crippen LogP contribution in [0.1, 0.15) is 5.69 Å². The molecule has 29 heavy (non-hydrogen) atoms. The van der Waals surface area contributed by atoms with Gasteiger partial charge in [-0.25, -0.2) is 4.98 Å². The van der Waals surface area contributed by atoms with Gasteiger partial charge in [0.15, 0.2) is 5.82 Å². The van der Waals surface area contributed by atoms with Crippen molar-refractivity contribution < 1.29 is 4.79 Å². The largest absolute Gasteiger partial charge is 0.352 e. The maximum atomic E-state index is 12.7. The Morgan fingerprint density at radius 1 is 1.00 bits per heavy atom. The van der Waals surface area contributed by atoms with Crippen LogP contribution in [-0.4, -0.2) is 56.7 Å². The molecule has 148 valence electrons. The summed E-state index contributed by atoms with van der Waals surface area (Å²) in [4.78, 5) is 33.3. The van der Waals surface area contributed by atoms with Gasteiger partial charge in [-0.15, -0.1) is 5.10 Å². The lowest BCUT2D eigenvalue weighted by Crippen LogP contribution is -2.50. The number of nitrogens with zero attached hydrogens (tertiary/aromatic N) is 6. The van der Waals surface area contributed by atoms with Crippen molar-refractivity contribution in [3.63, 3.8) is 0 Å². The number of carbonyl (C=O) groups is 1. The first-order chi connectivity index (χ1) is 14.1. The molecule has 1 aliphatic rings. The Morgan fingerprint density at radius 2 is 1.76 bits per heavy atom. The molecular formula is C21H22N6O2. The summed E-state index contributed by atoms with van der Waals surface area (Å²) in [6.07, 6.45) is 1.45. The monoisotopic (exact) mass is 390 g/mol. The minimum Gasteiger partial charge on any atom is -0.352 e. The number of amides is 1. The van der Waals surface area contributed by atoms with Crippen LogP contribution in [0.2, 0.25) is 0 Å². The zero-order valence-electron chi connectivity index (χ0n) is 16.2. The second-order valence-electron chi connectivity index (χ2n) is 7.01. The molecule has 1 aromatic carbocycles. The van der Waals surface area contributed by atoms with Gasteiger partial charge in [0.2, 0.25) is 5.91 Å². The number of hydrogen-bond donors (Lipinski definition) is 0. The van der Waals surface area contributed by atoms with Gasteiger partial charge >= 0.3 is 0 Å². The maximum absolute atomic E-state index is 12.7. The van der Waals surface area contributed by atoms with E-state index in [9.17, 15) is 9.59 Å². The Morgan fingerprint density at radius 3 is 2.41 bits per heavy atom. The van der Waals surface area contributed by atoms with Crippen LogP contribution in [0.5, 0.6) is 0 Å². The van der Waals surface area contributed by atoms with Crippen LogP contribution in [-0.2, 0) is 11.3 Å². The SMILES string of the molecule is Cc1ccc(N2CCN(C(=O)Cn3cnc(-c4ccccc4)cc3=O)CC2)nn1. The molecular weight excluding hydrogens is 368 g/mol. The maximum Gasteiger partial charge on any atom is 0.254 e. The van der Waals surface area contributed by atoms with Crippen LogP contribution in [0.4, 0.5) is 5.82 Å². The number of piperazine rings is 1. The molecule has 0 unspecified atom stereocenters. The minimum absolute atomic E-state index is 0.00869. The third-order valence-electron chi connectivity index (χ3n) is 4.99. The van der Waals surface area contributed by atoms with E-state index < -0.39 is 0 Å². The van der Waals surface area contributed by atoms with E-state index in [1.807, 2.05) is 49.4 Å². The molecule has 0 spiro atoms. The fourth-order valence-electron chi connectivity index (χ4n) is 3.30. The molecule has 0 bridgehead atoms. The number of aryl methyl sites for hydroxylation is 1. The Labute approximate surface area is 168 Å². The highest BCUT2D eigenvalue weighted by Crippen LogP contribution is 2.14. The van der Waals surface area contributed by atoms with E-state index in [4.69, 9.17) is 0 Å². The van der Waals surface area contributed by atoms with Crippen molar-refractivity contribution in [3.8, 4) is 11.3 Å². The van der Waals surface area contributed by atoms with Crippen molar-refractivity contribution in [2.24, 2.45) is 0 Å². The standard InChI is InChI=1S/C21H22N6O2/c1-16-7-8-19(24-23-16)25-9-11-26(12-10-25)21(29)14-27-15-22-18(13-20(27)28)17-5-3-2-4-6-17/h2-8,13,15H,9-12,14H2,1H3. The smallest absolute Gasteiger partial charge is 0.254 e. The summed E-state index contributed by atoms with van der Waals surface area (Å²) in [5, 5.41) is 8.29. The van der Waals surface area contributed by atoms with Gasteiger partial charge in [-0.05, 0) is 19.1 Å². The average molecular weight is 390 g/mol. The van der Waals surface area contributed by atoms with Crippen molar-refractivity contribution in [2.75, 3.05) is 31.1 Å². The summed E-state index contributed by atoms with van der Waals surface area (Å²) in [6.45, 7) is 4.42. The molecule has 1 fully saturated rings. The van der Waals surface area contributed by atoms with Crippen LogP contribution in [0.25, 0.3) is 11.3 Å². The molecule has 3 aromatic rings. The van der Waals surface area contributed by atoms with E-state index in [1.54, 1.807) is 4.90 Å². The van der Waals surface area contributed by atoms with E-state index in [1.165, 1.54) is 17.0 Å². The summed E-state index contributed by atoms with van der Waals surface area (Å²) in [5.41, 5.74) is 2.12. The number of carbonyl (C=O) groups excluding carboxylic acids is 1. The number of hydrogen-bond acceptors (Lipinski definition) is 6. The third-order valence-corrected chi connectivity index (χ3v) is 4.99. The van der Waals surface area contributed by atoms with Gasteiger partial charge in [0.25, 0.3) is 5.56 Å². The van der Waals surface area contributed by atoms with Gasteiger partial charge in [0.1, 0.15) is 6.54 Å². The summed E-state index contributed by atoms with van der Waals surface area (Å²) in [6, 6.07) is 14.8. The van der Waals surface area contributed by atoms with E-state index in [2.05, 4.69) is 20.1 Å². The van der Waals surface area contributed by atoms with Crippen LogP contribution in [0, 0.1) is 6.92 Å². The molecule has 1 saturated heterocycles. The van der Waals surface area contributed by atoms with E-state index in [0.29, 0.717) is 31.9 Å². The predicted molar refractivity (Wildman–Crippen MR) is 109 cm³/mol. The Hall–Kier alpha value is -3.55. The Kier molecular flexibility index (Phi) is 5.33. The molecule has 2 aromatic heterocycles. The Balaban J connectivity index is 1.37. The van der Waals surface area contributed by atoms with Crippen molar-refractivity contribution in [1.82, 2.24) is 24.6 Å². The quantitative estimate of drug-likeness (QED) is 0.669. The van der Waals surface area contributed by atoms with Crippen LogP contribution in [0.15, 0.2) is 59.7 Å². The zero-order chi connectivity index (χ0) is 20.2. The van der Waals surface area contributed by atoms with Gasteiger partial charge < -0.3 is 9.80 Å². The molecule has 0 atom stereocenters. The summed E-state index contributed by atoms with van der Waals surface area (Å²) < 4.78 is 1.35. The summed E-state index contributed by atoms with van der Waals surface area (Å²) in [7, 11) is 0. The zero-order valence-corrected chi connectivity index (χ0v) is 16.2. The molecule has 3 heterocycles. The molecule has 1 amide bonds. The fraction of sp³-hybridized carbons (Fsp3) is 0.286. The number of anilines is 1. The second kappa shape index (κ2) is 8.22. The summed E-state index contributed by atoms with van der Waals surface area (Å²) in [5.74, 6) is 0.732. The normalized spacial score (nSPS) is 14.1. The molecule has 8 heteroatoms. The highest BCUT2D eigenvalue weighted by molar-refractivity contribution is 5.76. The van der Waals surface area contributed by atoms with Crippen molar-refractivity contribution in [1.29, 1.82) is 0 Å². The summed E-state index contributed by atoms with van der Waals surface area (Å²) >= 11 is 0. The topological polar surface area (TPSA) is 84.2 Å². The predicted octanol–water partition coefficient (Wildman–Crippen LogP) is 1.36. The van der Waals surface area contributed by atoms with Crippen molar-refractivity contribution >= 4 is 11.7 Å². The molecule has 0 aliphatic carbocycles. The highest BCUT2D eigenvalue weighted by atomic mass is 16.2. The first-order valence-corrected chi connectivity index (χ1v) is 9.55. The van der Waals surface area contributed by atoms with Gasteiger partial charge in [-0.3, -0.25) is 14.2 Å². The minimum atomic E-state index is -0.235. The van der Waals surface area contributed by atoms with Crippen LogP contribution < -0.4 is 10.5 Å². The Bertz CT molecular complexity index is 1040. The third kappa shape index (κ3) is 4.31. The molecule has 0 N–H and O–H groups in total. The lowest BCUT2D eigenvalue weighted by Gasteiger charge is -2.35. The number of rotatable bonds is 4. The highest BCUT2D eigenvalue weighted by Gasteiger charge is 2.22. The van der Waals surface area contributed by atoms with Gasteiger partial charge in [0, 0.05) is 37.8 Å². The van der Waals surface area contributed by atoms with E-state index in [0.717, 1.165) is 17.1 Å². The first-order valence-electron chi connectivity index (χ1n) is 9.55. The van der Waals surface area contributed by atoms with Gasteiger partial charge in [0.05, 0.1) is 17.7 Å². The number of benzene rings is 1.